The second-order valence-corrected chi connectivity index (χ2v) is 3.99. The van der Waals surface area contributed by atoms with Gasteiger partial charge in [-0.2, -0.15) is 4.98 Å². The van der Waals surface area contributed by atoms with Crippen molar-refractivity contribution in [2.24, 2.45) is 5.73 Å². The molecule has 0 fully saturated rings. The number of hydrogen-bond acceptors (Lipinski definition) is 5. The average Bonchev–Trinajstić information content (AvgIpc) is 2.66. The molecule has 0 aliphatic carbocycles. The summed E-state index contributed by atoms with van der Waals surface area (Å²) >= 11 is 5.73. The fraction of sp³-hybridized carbons (Fsp3) is 0.300. The highest BCUT2D eigenvalue weighted by molar-refractivity contribution is 6.30. The molecule has 0 saturated carbocycles. The van der Waals surface area contributed by atoms with Crippen molar-refractivity contribution in [2.75, 3.05) is 0 Å². The molecule has 0 bridgehead atoms. The normalized spacial score (nSPS) is 12.7. The average molecular weight is 239 g/mol. The number of halogens is 1. The summed E-state index contributed by atoms with van der Waals surface area (Å²) in [6, 6.07) is 3.46. The van der Waals surface area contributed by atoms with Gasteiger partial charge in [0.25, 0.3) is 0 Å². The lowest BCUT2D eigenvalue weighted by molar-refractivity contribution is 0.372. The third-order valence-corrected chi connectivity index (χ3v) is 2.14. The van der Waals surface area contributed by atoms with Gasteiger partial charge in [-0.05, 0) is 19.1 Å². The molecule has 16 heavy (non-hydrogen) atoms. The van der Waals surface area contributed by atoms with E-state index in [1.807, 2.05) is 6.92 Å². The number of rotatable bonds is 3. The van der Waals surface area contributed by atoms with Gasteiger partial charge in [0.1, 0.15) is 5.69 Å². The Balaban J connectivity index is 2.21. The molecule has 2 heterocycles. The molecule has 0 aliphatic rings. The van der Waals surface area contributed by atoms with Gasteiger partial charge in [0, 0.05) is 18.7 Å². The summed E-state index contributed by atoms with van der Waals surface area (Å²) < 4.78 is 5.05. The summed E-state index contributed by atoms with van der Waals surface area (Å²) in [6.07, 6.45) is 2.10. The molecule has 1 unspecified atom stereocenters. The number of pyridine rings is 1. The lowest BCUT2D eigenvalue weighted by Gasteiger charge is -1.96. The number of nitrogens with two attached hydrogens (primary N) is 1. The van der Waals surface area contributed by atoms with E-state index in [0.29, 0.717) is 28.9 Å². The van der Waals surface area contributed by atoms with Crippen molar-refractivity contribution < 1.29 is 4.52 Å². The van der Waals surface area contributed by atoms with Gasteiger partial charge in [-0.25, -0.2) is 0 Å². The van der Waals surface area contributed by atoms with Crippen LogP contribution in [-0.2, 0) is 6.42 Å². The summed E-state index contributed by atoms with van der Waals surface area (Å²) in [5.74, 6) is 0.967. The Kier molecular flexibility index (Phi) is 3.17. The lowest BCUT2D eigenvalue weighted by atomic mass is 10.2. The number of nitrogens with zero attached hydrogens (tertiary/aromatic N) is 3. The summed E-state index contributed by atoms with van der Waals surface area (Å²) in [5, 5.41) is 4.39. The Labute approximate surface area is 97.6 Å². The van der Waals surface area contributed by atoms with Crippen LogP contribution in [0.25, 0.3) is 11.5 Å². The van der Waals surface area contributed by atoms with E-state index in [9.17, 15) is 0 Å². The van der Waals surface area contributed by atoms with E-state index in [1.54, 1.807) is 18.3 Å². The van der Waals surface area contributed by atoms with E-state index in [-0.39, 0.29) is 6.04 Å². The predicted octanol–water partition coefficient (Wildman–Crippen LogP) is 1.67. The van der Waals surface area contributed by atoms with Crippen LogP contribution < -0.4 is 5.73 Å². The van der Waals surface area contributed by atoms with Crippen LogP contribution >= 0.6 is 11.6 Å². The minimum atomic E-state index is -0.00789. The van der Waals surface area contributed by atoms with Gasteiger partial charge in [0.15, 0.2) is 0 Å². The van der Waals surface area contributed by atoms with E-state index < -0.39 is 0 Å². The maximum atomic E-state index is 5.73. The van der Waals surface area contributed by atoms with Crippen LogP contribution in [-0.4, -0.2) is 21.2 Å². The molecular formula is C10H11ClN4O. The van der Waals surface area contributed by atoms with Gasteiger partial charge in [-0.1, -0.05) is 16.8 Å². The van der Waals surface area contributed by atoms with Crippen molar-refractivity contribution in [3.8, 4) is 11.5 Å². The Morgan fingerprint density at radius 2 is 2.31 bits per heavy atom. The van der Waals surface area contributed by atoms with E-state index in [0.717, 1.165) is 0 Å². The first-order valence-electron chi connectivity index (χ1n) is 4.85. The van der Waals surface area contributed by atoms with E-state index >= 15 is 0 Å². The Bertz CT molecular complexity index is 466. The molecule has 84 valence electrons. The molecule has 5 nitrogen and oxygen atoms in total. The minimum Gasteiger partial charge on any atom is -0.339 e. The summed E-state index contributed by atoms with van der Waals surface area (Å²) in [6.45, 7) is 1.88. The predicted molar refractivity (Wildman–Crippen MR) is 59.9 cm³/mol. The van der Waals surface area contributed by atoms with Crippen molar-refractivity contribution >= 4 is 11.6 Å². The van der Waals surface area contributed by atoms with Crippen molar-refractivity contribution in [1.82, 2.24) is 15.1 Å². The van der Waals surface area contributed by atoms with Gasteiger partial charge in [0.2, 0.25) is 11.7 Å². The maximum absolute atomic E-state index is 5.73. The molecule has 2 N–H and O–H groups in total. The Hall–Kier alpha value is -1.46. The SMILES string of the molecule is CC(N)Cc1nc(-c2ccc(Cl)cn2)no1. The molecule has 2 aromatic rings. The molecule has 6 heteroatoms. The van der Waals surface area contributed by atoms with Crippen molar-refractivity contribution in [3.63, 3.8) is 0 Å². The second kappa shape index (κ2) is 4.59. The van der Waals surface area contributed by atoms with Crippen molar-refractivity contribution in [3.05, 3.63) is 29.2 Å². The smallest absolute Gasteiger partial charge is 0.228 e. The standard InChI is InChI=1S/C10H11ClN4O/c1-6(12)4-9-14-10(15-16-9)8-3-2-7(11)5-13-8/h2-3,5-6H,4,12H2,1H3. The topological polar surface area (TPSA) is 77.8 Å². The minimum absolute atomic E-state index is 0.00789. The highest BCUT2D eigenvalue weighted by Crippen LogP contribution is 2.15. The summed E-state index contributed by atoms with van der Waals surface area (Å²) in [7, 11) is 0. The van der Waals surface area contributed by atoms with Crippen LogP contribution in [0.1, 0.15) is 12.8 Å². The molecule has 0 amide bonds. The quantitative estimate of drug-likeness (QED) is 0.880. The fourth-order valence-electron chi connectivity index (χ4n) is 1.23. The van der Waals surface area contributed by atoms with Gasteiger partial charge in [-0.3, -0.25) is 4.98 Å². The largest absolute Gasteiger partial charge is 0.339 e. The third kappa shape index (κ3) is 2.56. The number of hydrogen-bond donors (Lipinski definition) is 1. The zero-order valence-electron chi connectivity index (χ0n) is 8.72. The summed E-state index contributed by atoms with van der Waals surface area (Å²) in [5.41, 5.74) is 6.26. The zero-order chi connectivity index (χ0) is 11.5. The molecule has 0 radical (unpaired) electrons. The Morgan fingerprint density at radius 1 is 1.50 bits per heavy atom. The van der Waals surface area contributed by atoms with Crippen LogP contribution in [0.3, 0.4) is 0 Å². The van der Waals surface area contributed by atoms with Crippen molar-refractivity contribution in [2.45, 2.75) is 19.4 Å². The van der Waals surface area contributed by atoms with Gasteiger partial charge in [-0.15, -0.1) is 0 Å². The second-order valence-electron chi connectivity index (χ2n) is 3.55. The molecular weight excluding hydrogens is 228 g/mol. The molecule has 0 aliphatic heterocycles. The molecule has 2 rings (SSSR count). The maximum Gasteiger partial charge on any atom is 0.228 e. The Morgan fingerprint density at radius 3 is 2.94 bits per heavy atom. The molecule has 0 saturated heterocycles. The zero-order valence-corrected chi connectivity index (χ0v) is 9.48. The molecule has 2 aromatic heterocycles. The van der Waals surface area contributed by atoms with Crippen LogP contribution in [0.5, 0.6) is 0 Å². The first kappa shape index (κ1) is 11.0. The van der Waals surface area contributed by atoms with Crippen LogP contribution in [0, 0.1) is 0 Å². The monoisotopic (exact) mass is 238 g/mol. The molecule has 0 spiro atoms. The van der Waals surface area contributed by atoms with Crippen LogP contribution in [0.2, 0.25) is 5.02 Å². The van der Waals surface area contributed by atoms with E-state index in [1.165, 1.54) is 0 Å². The highest BCUT2D eigenvalue weighted by atomic mass is 35.5. The third-order valence-electron chi connectivity index (χ3n) is 1.92. The van der Waals surface area contributed by atoms with E-state index in [2.05, 4.69) is 15.1 Å². The first-order valence-corrected chi connectivity index (χ1v) is 5.23. The van der Waals surface area contributed by atoms with Crippen molar-refractivity contribution in [1.29, 1.82) is 0 Å². The number of aromatic nitrogens is 3. The van der Waals surface area contributed by atoms with Gasteiger partial charge < -0.3 is 10.3 Å². The summed E-state index contributed by atoms with van der Waals surface area (Å²) in [4.78, 5) is 8.28. The molecule has 1 atom stereocenters. The van der Waals surface area contributed by atoms with Crippen LogP contribution in [0.4, 0.5) is 0 Å². The van der Waals surface area contributed by atoms with Gasteiger partial charge in [0.05, 0.1) is 5.02 Å². The molecule has 0 aromatic carbocycles. The van der Waals surface area contributed by atoms with Crippen LogP contribution in [0.15, 0.2) is 22.9 Å². The lowest BCUT2D eigenvalue weighted by Crippen LogP contribution is -2.17. The highest BCUT2D eigenvalue weighted by Gasteiger charge is 2.10. The fourth-order valence-corrected chi connectivity index (χ4v) is 1.34. The van der Waals surface area contributed by atoms with E-state index in [4.69, 9.17) is 21.9 Å². The first-order chi connectivity index (χ1) is 7.65. The van der Waals surface area contributed by atoms with Gasteiger partial charge >= 0.3 is 0 Å².